The number of carbonyl (C=O) groups is 1. The van der Waals surface area contributed by atoms with Crippen LogP contribution in [0.25, 0.3) is 0 Å². The van der Waals surface area contributed by atoms with Gasteiger partial charge < -0.3 is 4.74 Å². The van der Waals surface area contributed by atoms with Crippen LogP contribution in [0.2, 0.25) is 5.02 Å². The fourth-order valence-corrected chi connectivity index (χ4v) is 3.38. The Morgan fingerprint density at radius 3 is 2.61 bits per heavy atom. The third kappa shape index (κ3) is 4.07. The van der Waals surface area contributed by atoms with Crippen LogP contribution in [-0.4, -0.2) is 21.5 Å². The van der Waals surface area contributed by atoms with Crippen molar-refractivity contribution in [2.45, 2.75) is 11.4 Å². The number of rotatable bonds is 5. The molecule has 2 rings (SSSR count). The van der Waals surface area contributed by atoms with Gasteiger partial charge in [-0.05, 0) is 24.3 Å². The quantitative estimate of drug-likeness (QED) is 0.835. The van der Waals surface area contributed by atoms with Crippen molar-refractivity contribution in [2.24, 2.45) is 0 Å². The molecular weight excluding hydrogens is 345 g/mol. The Labute approximate surface area is 138 Å². The van der Waals surface area contributed by atoms with E-state index in [1.54, 1.807) is 6.07 Å². The highest BCUT2D eigenvalue weighted by Crippen LogP contribution is 2.23. The molecule has 0 saturated carbocycles. The molecule has 0 unspecified atom stereocenters. The van der Waals surface area contributed by atoms with Gasteiger partial charge in [-0.25, -0.2) is 22.3 Å². The van der Waals surface area contributed by atoms with Crippen molar-refractivity contribution in [2.75, 3.05) is 7.11 Å². The molecule has 0 fully saturated rings. The Morgan fingerprint density at radius 1 is 1.26 bits per heavy atom. The number of nitrogens with one attached hydrogen (secondary N) is 1. The molecule has 122 valence electrons. The van der Waals surface area contributed by atoms with Gasteiger partial charge in [-0.3, -0.25) is 0 Å². The third-order valence-corrected chi connectivity index (χ3v) is 4.94. The predicted octanol–water partition coefficient (Wildman–Crippen LogP) is 2.74. The van der Waals surface area contributed by atoms with Gasteiger partial charge in [0.25, 0.3) is 0 Å². The van der Waals surface area contributed by atoms with E-state index in [2.05, 4.69) is 9.46 Å². The number of carbonyl (C=O) groups excluding carboxylic acids is 1. The molecule has 23 heavy (non-hydrogen) atoms. The van der Waals surface area contributed by atoms with Crippen molar-refractivity contribution in [1.82, 2.24) is 4.72 Å². The summed E-state index contributed by atoms with van der Waals surface area (Å²) in [6.07, 6.45) is 0. The molecule has 8 heteroatoms. The molecule has 0 bridgehead atoms. The zero-order valence-corrected chi connectivity index (χ0v) is 13.6. The zero-order chi connectivity index (χ0) is 17.0. The lowest BCUT2D eigenvalue weighted by Gasteiger charge is -2.10. The summed E-state index contributed by atoms with van der Waals surface area (Å²) in [6, 6.07) is 9.54. The lowest BCUT2D eigenvalue weighted by atomic mass is 10.2. The van der Waals surface area contributed by atoms with E-state index in [0.29, 0.717) is 0 Å². The summed E-state index contributed by atoms with van der Waals surface area (Å²) in [5.41, 5.74) is 0.236. The number of methoxy groups -OCH3 is 1. The van der Waals surface area contributed by atoms with Crippen molar-refractivity contribution in [1.29, 1.82) is 0 Å². The van der Waals surface area contributed by atoms with Crippen molar-refractivity contribution in [3.63, 3.8) is 0 Å². The predicted molar refractivity (Wildman–Crippen MR) is 83.2 cm³/mol. The first-order valence-electron chi connectivity index (χ1n) is 6.46. The minimum atomic E-state index is -4.03. The van der Waals surface area contributed by atoms with Crippen LogP contribution in [0.1, 0.15) is 15.9 Å². The second-order valence-electron chi connectivity index (χ2n) is 4.55. The summed E-state index contributed by atoms with van der Waals surface area (Å²) in [7, 11) is -2.84. The Bertz CT molecular complexity index is 839. The molecule has 0 spiro atoms. The van der Waals surface area contributed by atoms with Gasteiger partial charge in [-0.1, -0.05) is 29.8 Å². The van der Waals surface area contributed by atoms with Crippen molar-refractivity contribution < 1.29 is 22.3 Å². The van der Waals surface area contributed by atoms with Crippen molar-refractivity contribution >= 4 is 27.6 Å². The molecule has 2 aromatic carbocycles. The number of sulfonamides is 1. The average Bonchev–Trinajstić information content (AvgIpc) is 2.53. The summed E-state index contributed by atoms with van der Waals surface area (Å²) in [4.78, 5) is 11.2. The van der Waals surface area contributed by atoms with Crippen LogP contribution in [0.3, 0.4) is 0 Å². The second-order valence-corrected chi connectivity index (χ2v) is 6.70. The summed E-state index contributed by atoms with van der Waals surface area (Å²) < 4.78 is 45.0. The monoisotopic (exact) mass is 357 g/mol. The fourth-order valence-electron chi connectivity index (χ4n) is 1.85. The molecule has 0 heterocycles. The molecule has 0 radical (unpaired) electrons. The van der Waals surface area contributed by atoms with E-state index in [0.717, 1.165) is 6.07 Å². The second kappa shape index (κ2) is 7.08. The molecule has 0 amide bonds. The summed E-state index contributed by atoms with van der Waals surface area (Å²) in [6.45, 7) is -0.242. The normalized spacial score (nSPS) is 11.3. The van der Waals surface area contributed by atoms with Crippen LogP contribution in [0.4, 0.5) is 4.39 Å². The number of esters is 1. The average molecular weight is 358 g/mol. The fraction of sp³-hybridized carbons (Fsp3) is 0.133. The van der Waals surface area contributed by atoms with Gasteiger partial charge in [0.1, 0.15) is 10.7 Å². The highest BCUT2D eigenvalue weighted by atomic mass is 35.5. The first-order chi connectivity index (χ1) is 10.8. The van der Waals surface area contributed by atoms with Gasteiger partial charge in [-0.2, -0.15) is 0 Å². The van der Waals surface area contributed by atoms with Crippen LogP contribution in [-0.2, 0) is 21.3 Å². The third-order valence-electron chi connectivity index (χ3n) is 3.05. The number of halogens is 2. The Hall–Kier alpha value is -1.96. The van der Waals surface area contributed by atoms with E-state index in [1.807, 2.05) is 0 Å². The molecular formula is C15H13ClFNO4S. The van der Waals surface area contributed by atoms with Gasteiger partial charge in [0.05, 0.1) is 17.7 Å². The van der Waals surface area contributed by atoms with Crippen LogP contribution in [0.15, 0.2) is 47.4 Å². The number of ether oxygens (including phenoxy) is 1. The highest BCUT2D eigenvalue weighted by molar-refractivity contribution is 7.89. The Balaban J connectivity index is 2.29. The maximum Gasteiger partial charge on any atom is 0.337 e. The number of hydrogen-bond donors (Lipinski definition) is 1. The molecule has 5 nitrogen and oxygen atoms in total. The zero-order valence-electron chi connectivity index (χ0n) is 12.0. The van der Waals surface area contributed by atoms with Crippen molar-refractivity contribution in [3.8, 4) is 0 Å². The first kappa shape index (κ1) is 17.4. The van der Waals surface area contributed by atoms with E-state index in [-0.39, 0.29) is 27.6 Å². The lowest BCUT2D eigenvalue weighted by Crippen LogP contribution is -2.24. The maximum absolute atomic E-state index is 13.5. The minimum absolute atomic E-state index is 0.0446. The smallest absolute Gasteiger partial charge is 0.337 e. The van der Waals surface area contributed by atoms with Gasteiger partial charge in [0.2, 0.25) is 10.0 Å². The molecule has 0 atom stereocenters. The van der Waals surface area contributed by atoms with Gasteiger partial charge in [0.15, 0.2) is 0 Å². The van der Waals surface area contributed by atoms with Crippen molar-refractivity contribution in [3.05, 3.63) is 64.4 Å². The molecule has 1 N–H and O–H groups in total. The molecule has 0 aliphatic heterocycles. The van der Waals surface area contributed by atoms with Crippen LogP contribution >= 0.6 is 11.6 Å². The van der Waals surface area contributed by atoms with E-state index < -0.39 is 21.8 Å². The molecule has 2 aromatic rings. The molecule has 0 aliphatic rings. The number of hydrogen-bond acceptors (Lipinski definition) is 4. The van der Waals surface area contributed by atoms with E-state index in [1.165, 1.54) is 37.4 Å². The lowest BCUT2D eigenvalue weighted by molar-refractivity contribution is 0.0600. The maximum atomic E-state index is 13.5. The van der Waals surface area contributed by atoms with Crippen LogP contribution < -0.4 is 4.72 Å². The van der Waals surface area contributed by atoms with E-state index in [9.17, 15) is 17.6 Å². The van der Waals surface area contributed by atoms with E-state index >= 15 is 0 Å². The largest absolute Gasteiger partial charge is 0.465 e. The van der Waals surface area contributed by atoms with Gasteiger partial charge in [0, 0.05) is 12.1 Å². The summed E-state index contributed by atoms with van der Waals surface area (Å²) >= 11 is 5.90. The minimum Gasteiger partial charge on any atom is -0.465 e. The Morgan fingerprint density at radius 2 is 1.96 bits per heavy atom. The first-order valence-corrected chi connectivity index (χ1v) is 8.32. The van der Waals surface area contributed by atoms with Gasteiger partial charge >= 0.3 is 5.97 Å². The topological polar surface area (TPSA) is 72.5 Å². The number of benzene rings is 2. The van der Waals surface area contributed by atoms with E-state index in [4.69, 9.17) is 11.6 Å². The molecule has 0 aromatic heterocycles. The highest BCUT2D eigenvalue weighted by Gasteiger charge is 2.20. The Kier molecular flexibility index (Phi) is 5.35. The molecule has 0 saturated heterocycles. The standard InChI is InChI=1S/C15H13ClFNO4S/c1-22-15(19)10-6-7-12(16)14(8-10)23(20,21)18-9-11-4-2-3-5-13(11)17/h2-8,18H,9H2,1H3. The summed E-state index contributed by atoms with van der Waals surface area (Å²) in [5.74, 6) is -1.21. The molecule has 0 aliphatic carbocycles. The van der Waals surface area contributed by atoms with Crippen LogP contribution in [0, 0.1) is 5.82 Å². The SMILES string of the molecule is COC(=O)c1ccc(Cl)c(S(=O)(=O)NCc2ccccc2F)c1. The van der Waals surface area contributed by atoms with Gasteiger partial charge in [-0.15, -0.1) is 0 Å². The summed E-state index contributed by atoms with van der Waals surface area (Å²) in [5, 5.41) is -0.0568. The van der Waals surface area contributed by atoms with Crippen LogP contribution in [0.5, 0.6) is 0 Å².